The van der Waals surface area contributed by atoms with E-state index in [1.807, 2.05) is 38.1 Å². The summed E-state index contributed by atoms with van der Waals surface area (Å²) in [5.41, 5.74) is 11.7. The number of aromatic nitrogens is 3. The molecule has 0 aliphatic carbocycles. The van der Waals surface area contributed by atoms with Gasteiger partial charge in [0.1, 0.15) is 6.17 Å². The zero-order valence-corrected chi connectivity index (χ0v) is 17.1. The lowest BCUT2D eigenvalue weighted by atomic mass is 10.0. The second-order valence-electron chi connectivity index (χ2n) is 7.24. The Labute approximate surface area is 170 Å². The first-order valence-electron chi connectivity index (χ1n) is 9.59. The monoisotopic (exact) mass is 394 g/mol. The summed E-state index contributed by atoms with van der Waals surface area (Å²) in [5, 5.41) is 4.21. The molecule has 3 heterocycles. The number of likely N-dealkylation sites (tertiary alicyclic amines) is 1. The number of benzene rings is 1. The maximum Gasteiger partial charge on any atom is 0.238 e. The Kier molecular flexibility index (Phi) is 6.39. The molecule has 0 radical (unpaired) electrons. The van der Waals surface area contributed by atoms with Crippen LogP contribution in [0.1, 0.15) is 17.7 Å². The topological polar surface area (TPSA) is 71.8 Å². The zero-order valence-electron chi connectivity index (χ0n) is 17.1. The summed E-state index contributed by atoms with van der Waals surface area (Å²) in [6.07, 6.45) is 5.43. The SMILES string of the molecule is C=CC=Nc1cc(-c2ccn3nc(N)nc(C)c23)ccc1C.CN1CC[C@@H](F)C1. The Morgan fingerprint density at radius 1 is 1.31 bits per heavy atom. The average molecular weight is 394 g/mol. The van der Waals surface area contributed by atoms with E-state index in [1.54, 1.807) is 16.8 Å². The minimum Gasteiger partial charge on any atom is -0.367 e. The minimum absolute atomic E-state index is 0.271. The van der Waals surface area contributed by atoms with E-state index in [4.69, 9.17) is 5.73 Å². The number of aliphatic imine (C=N–C) groups is 1. The minimum atomic E-state index is -0.551. The molecule has 0 unspecified atom stereocenters. The van der Waals surface area contributed by atoms with Gasteiger partial charge in [-0.1, -0.05) is 24.8 Å². The molecule has 0 amide bonds. The van der Waals surface area contributed by atoms with Gasteiger partial charge in [-0.2, -0.15) is 0 Å². The van der Waals surface area contributed by atoms with Crippen LogP contribution in [0.4, 0.5) is 16.0 Å². The molecular formula is C22H27FN6. The number of hydrogen-bond acceptors (Lipinski definition) is 5. The molecule has 2 N–H and O–H groups in total. The molecule has 1 aliphatic rings. The van der Waals surface area contributed by atoms with Gasteiger partial charge < -0.3 is 10.6 Å². The van der Waals surface area contributed by atoms with Gasteiger partial charge in [-0.15, -0.1) is 5.10 Å². The van der Waals surface area contributed by atoms with Crippen molar-refractivity contribution in [3.63, 3.8) is 0 Å². The van der Waals surface area contributed by atoms with Gasteiger partial charge in [-0.3, -0.25) is 4.99 Å². The van der Waals surface area contributed by atoms with Gasteiger partial charge in [-0.25, -0.2) is 13.9 Å². The number of nitrogen functional groups attached to an aromatic ring is 1. The molecule has 0 bridgehead atoms. The van der Waals surface area contributed by atoms with Gasteiger partial charge in [-0.05, 0) is 50.6 Å². The predicted molar refractivity (Wildman–Crippen MR) is 118 cm³/mol. The van der Waals surface area contributed by atoms with Crippen molar-refractivity contribution < 1.29 is 4.39 Å². The third kappa shape index (κ3) is 4.86. The maximum atomic E-state index is 12.1. The van der Waals surface area contributed by atoms with Crippen molar-refractivity contribution in [2.24, 2.45) is 4.99 Å². The van der Waals surface area contributed by atoms with Gasteiger partial charge in [0.25, 0.3) is 0 Å². The van der Waals surface area contributed by atoms with Gasteiger partial charge >= 0.3 is 0 Å². The van der Waals surface area contributed by atoms with Crippen LogP contribution in [0.3, 0.4) is 0 Å². The molecule has 0 saturated carbocycles. The third-order valence-electron chi connectivity index (χ3n) is 4.87. The van der Waals surface area contributed by atoms with Crippen LogP contribution in [0, 0.1) is 13.8 Å². The number of aryl methyl sites for hydroxylation is 2. The number of nitrogens with zero attached hydrogens (tertiary/aromatic N) is 5. The molecule has 29 heavy (non-hydrogen) atoms. The molecule has 4 rings (SSSR count). The van der Waals surface area contributed by atoms with Crippen molar-refractivity contribution >= 4 is 23.4 Å². The van der Waals surface area contributed by atoms with E-state index in [2.05, 4.69) is 39.9 Å². The van der Waals surface area contributed by atoms with E-state index in [-0.39, 0.29) is 5.95 Å². The van der Waals surface area contributed by atoms with Crippen LogP contribution in [0.2, 0.25) is 0 Å². The zero-order chi connectivity index (χ0) is 21.0. The number of halogens is 1. The Morgan fingerprint density at radius 3 is 2.72 bits per heavy atom. The summed E-state index contributed by atoms with van der Waals surface area (Å²) in [5.74, 6) is 0.271. The second kappa shape index (κ2) is 8.96. The number of rotatable bonds is 3. The van der Waals surface area contributed by atoms with Crippen LogP contribution in [0.15, 0.2) is 48.1 Å². The van der Waals surface area contributed by atoms with Crippen LogP contribution in [0.25, 0.3) is 16.6 Å². The fraction of sp³-hybridized carbons (Fsp3) is 0.318. The van der Waals surface area contributed by atoms with Crippen molar-refractivity contribution in [3.8, 4) is 11.1 Å². The van der Waals surface area contributed by atoms with E-state index < -0.39 is 6.17 Å². The molecule has 2 aromatic heterocycles. The number of nitrogens with two attached hydrogens (primary N) is 1. The number of fused-ring (bicyclic) bond motifs is 1. The first-order chi connectivity index (χ1) is 13.9. The Bertz CT molecular complexity index is 1030. The summed E-state index contributed by atoms with van der Waals surface area (Å²) >= 11 is 0. The molecule has 7 heteroatoms. The average Bonchev–Trinajstić information content (AvgIpc) is 3.27. The smallest absolute Gasteiger partial charge is 0.238 e. The summed E-state index contributed by atoms with van der Waals surface area (Å²) < 4.78 is 13.9. The molecule has 6 nitrogen and oxygen atoms in total. The lowest BCUT2D eigenvalue weighted by molar-refractivity contribution is 0.321. The lowest BCUT2D eigenvalue weighted by Crippen LogP contribution is -2.13. The van der Waals surface area contributed by atoms with Gasteiger partial charge in [0.05, 0.1) is 16.9 Å². The van der Waals surface area contributed by atoms with E-state index in [9.17, 15) is 4.39 Å². The third-order valence-corrected chi connectivity index (χ3v) is 4.87. The summed E-state index contributed by atoms with van der Waals surface area (Å²) in [4.78, 5) is 10.7. The quantitative estimate of drug-likeness (QED) is 0.678. The Balaban J connectivity index is 0.000000290. The number of anilines is 1. The van der Waals surface area contributed by atoms with Crippen molar-refractivity contribution in [2.45, 2.75) is 26.4 Å². The van der Waals surface area contributed by atoms with Crippen molar-refractivity contribution in [2.75, 3.05) is 25.9 Å². The molecule has 1 fully saturated rings. The highest BCUT2D eigenvalue weighted by Crippen LogP contribution is 2.31. The standard InChI is InChI=1S/C17H17N5.C5H10FN/c1-4-8-19-15-10-13(6-5-11(15)2)14-7-9-22-16(14)12(3)20-17(18)21-22;1-7-3-2-5(6)4-7/h4-10H,1H2,2-3H3,(H2,18,21);5H,2-4H2,1H3/t;5-/m.1/s1. The summed E-state index contributed by atoms with van der Waals surface area (Å²) in [7, 11) is 1.94. The molecule has 3 aromatic rings. The molecule has 1 atom stereocenters. The van der Waals surface area contributed by atoms with E-state index >= 15 is 0 Å². The highest BCUT2D eigenvalue weighted by atomic mass is 19.1. The van der Waals surface area contributed by atoms with Crippen LogP contribution in [-0.4, -0.2) is 52.0 Å². The lowest BCUT2D eigenvalue weighted by Gasteiger charge is -2.06. The molecular weight excluding hydrogens is 367 g/mol. The highest BCUT2D eigenvalue weighted by molar-refractivity contribution is 5.85. The van der Waals surface area contributed by atoms with Crippen molar-refractivity contribution in [1.82, 2.24) is 19.5 Å². The molecule has 152 valence electrons. The molecule has 1 aliphatic heterocycles. The number of alkyl halides is 1. The van der Waals surface area contributed by atoms with Crippen molar-refractivity contribution in [1.29, 1.82) is 0 Å². The van der Waals surface area contributed by atoms with Crippen LogP contribution in [0.5, 0.6) is 0 Å². The normalized spacial score (nSPS) is 16.9. The Hall–Kier alpha value is -3.06. The van der Waals surface area contributed by atoms with Gasteiger partial charge in [0.2, 0.25) is 5.95 Å². The number of hydrogen-bond donors (Lipinski definition) is 1. The summed E-state index contributed by atoms with van der Waals surface area (Å²) in [6.45, 7) is 9.19. The highest BCUT2D eigenvalue weighted by Gasteiger charge is 2.17. The molecule has 0 spiro atoms. The van der Waals surface area contributed by atoms with E-state index in [1.165, 1.54) is 0 Å². The Morgan fingerprint density at radius 2 is 2.10 bits per heavy atom. The second-order valence-corrected chi connectivity index (χ2v) is 7.24. The molecule has 1 saturated heterocycles. The van der Waals surface area contributed by atoms with Crippen LogP contribution >= 0.6 is 0 Å². The summed E-state index contributed by atoms with van der Waals surface area (Å²) in [6, 6.07) is 8.21. The van der Waals surface area contributed by atoms with Crippen LogP contribution in [-0.2, 0) is 0 Å². The van der Waals surface area contributed by atoms with E-state index in [0.717, 1.165) is 46.6 Å². The first kappa shape index (κ1) is 20.7. The largest absolute Gasteiger partial charge is 0.367 e. The van der Waals surface area contributed by atoms with E-state index in [0.29, 0.717) is 6.54 Å². The van der Waals surface area contributed by atoms with Crippen molar-refractivity contribution in [3.05, 3.63) is 54.4 Å². The maximum absolute atomic E-state index is 12.1. The fourth-order valence-corrected chi connectivity index (χ4v) is 3.39. The van der Waals surface area contributed by atoms with Gasteiger partial charge in [0.15, 0.2) is 0 Å². The molecule has 1 aromatic carbocycles. The first-order valence-corrected chi connectivity index (χ1v) is 9.59. The van der Waals surface area contributed by atoms with Gasteiger partial charge in [0, 0.05) is 31.1 Å². The number of allylic oxidation sites excluding steroid dienone is 1. The van der Waals surface area contributed by atoms with Crippen LogP contribution < -0.4 is 5.73 Å². The predicted octanol–water partition coefficient (Wildman–Crippen LogP) is 4.14. The fourth-order valence-electron chi connectivity index (χ4n) is 3.39.